The lowest BCUT2D eigenvalue weighted by Gasteiger charge is -2.10. The van der Waals surface area contributed by atoms with Gasteiger partial charge in [0.25, 0.3) is 0 Å². The number of halogens is 1. The van der Waals surface area contributed by atoms with Crippen LogP contribution < -0.4 is 16.0 Å². The van der Waals surface area contributed by atoms with Gasteiger partial charge in [-0.25, -0.2) is 14.4 Å². The second-order valence-corrected chi connectivity index (χ2v) is 5.98. The lowest BCUT2D eigenvalue weighted by molar-refractivity contribution is -0.114. The van der Waals surface area contributed by atoms with Gasteiger partial charge < -0.3 is 16.0 Å². The first kappa shape index (κ1) is 18.3. The Balaban J connectivity index is 1.58. The molecule has 7 heteroatoms. The van der Waals surface area contributed by atoms with Crippen molar-refractivity contribution in [1.29, 1.82) is 0 Å². The van der Waals surface area contributed by atoms with Gasteiger partial charge in [-0.1, -0.05) is 18.2 Å². The molecule has 0 aliphatic carbocycles. The number of benzene rings is 2. The molecular formula is C20H20FN5O. The van der Waals surface area contributed by atoms with Gasteiger partial charge in [-0.3, -0.25) is 4.79 Å². The van der Waals surface area contributed by atoms with E-state index in [4.69, 9.17) is 0 Å². The van der Waals surface area contributed by atoms with Crippen molar-refractivity contribution in [3.63, 3.8) is 0 Å². The maximum absolute atomic E-state index is 12.9. The zero-order chi connectivity index (χ0) is 19.1. The average molecular weight is 365 g/mol. The number of aromatic nitrogens is 2. The number of anilines is 4. The molecule has 2 aromatic carbocycles. The lowest BCUT2D eigenvalue weighted by atomic mass is 10.1. The van der Waals surface area contributed by atoms with Crippen molar-refractivity contribution in [1.82, 2.24) is 9.97 Å². The number of nitrogens with zero attached hydrogens (tertiary/aromatic N) is 2. The van der Waals surface area contributed by atoms with Gasteiger partial charge in [0.15, 0.2) is 0 Å². The second kappa shape index (κ2) is 8.75. The number of hydrogen-bond acceptors (Lipinski definition) is 5. The zero-order valence-electron chi connectivity index (χ0n) is 14.9. The van der Waals surface area contributed by atoms with Gasteiger partial charge in [-0.05, 0) is 42.3 Å². The van der Waals surface area contributed by atoms with Crippen LogP contribution in [0.2, 0.25) is 0 Å². The van der Waals surface area contributed by atoms with E-state index in [9.17, 15) is 9.18 Å². The van der Waals surface area contributed by atoms with E-state index in [0.29, 0.717) is 23.9 Å². The van der Waals surface area contributed by atoms with Gasteiger partial charge >= 0.3 is 0 Å². The Bertz CT molecular complexity index is 914. The maximum Gasteiger partial charge on any atom is 0.221 e. The first-order valence-electron chi connectivity index (χ1n) is 8.53. The molecule has 0 atom stereocenters. The molecule has 0 unspecified atom stereocenters. The van der Waals surface area contributed by atoms with Crippen LogP contribution in [0, 0.1) is 5.82 Å². The summed E-state index contributed by atoms with van der Waals surface area (Å²) in [5, 5.41) is 9.16. The van der Waals surface area contributed by atoms with Gasteiger partial charge in [0.1, 0.15) is 23.8 Å². The molecule has 0 bridgehead atoms. The van der Waals surface area contributed by atoms with Crippen molar-refractivity contribution in [2.24, 2.45) is 0 Å². The van der Waals surface area contributed by atoms with E-state index in [1.165, 1.54) is 25.4 Å². The summed E-state index contributed by atoms with van der Waals surface area (Å²) in [6.45, 7) is 2.13. The van der Waals surface area contributed by atoms with E-state index < -0.39 is 0 Å². The van der Waals surface area contributed by atoms with Crippen LogP contribution in [0.4, 0.5) is 27.4 Å². The molecule has 0 aliphatic heterocycles. The SMILES string of the molecule is CC(=O)Nc1cccc(Nc2cc(NCCc3ccc(F)cc3)ncn2)c1. The largest absolute Gasteiger partial charge is 0.370 e. The van der Waals surface area contributed by atoms with Crippen molar-refractivity contribution in [3.05, 3.63) is 72.3 Å². The van der Waals surface area contributed by atoms with Crippen LogP contribution in [0.3, 0.4) is 0 Å². The number of nitrogens with one attached hydrogen (secondary N) is 3. The second-order valence-electron chi connectivity index (χ2n) is 5.98. The fourth-order valence-corrected chi connectivity index (χ4v) is 2.53. The number of rotatable bonds is 7. The highest BCUT2D eigenvalue weighted by Gasteiger charge is 2.02. The summed E-state index contributed by atoms with van der Waals surface area (Å²) in [6.07, 6.45) is 2.23. The highest BCUT2D eigenvalue weighted by atomic mass is 19.1. The third-order valence-electron chi connectivity index (χ3n) is 3.76. The molecule has 3 aromatic rings. The van der Waals surface area contributed by atoms with Crippen molar-refractivity contribution in [2.75, 3.05) is 22.5 Å². The van der Waals surface area contributed by atoms with Crippen LogP contribution in [0.1, 0.15) is 12.5 Å². The van der Waals surface area contributed by atoms with Crippen LogP contribution in [0.15, 0.2) is 60.9 Å². The van der Waals surface area contributed by atoms with Crippen molar-refractivity contribution < 1.29 is 9.18 Å². The molecule has 0 spiro atoms. The molecule has 3 N–H and O–H groups in total. The molecule has 0 fully saturated rings. The highest BCUT2D eigenvalue weighted by molar-refractivity contribution is 5.89. The summed E-state index contributed by atoms with van der Waals surface area (Å²) in [4.78, 5) is 19.6. The minimum Gasteiger partial charge on any atom is -0.370 e. The molecule has 3 rings (SSSR count). The number of carbonyl (C=O) groups excluding carboxylic acids is 1. The molecule has 1 aromatic heterocycles. The standard InChI is InChI=1S/C20H20FN5O/c1-14(27)25-17-3-2-4-18(11-17)26-20-12-19(23-13-24-20)22-10-9-15-5-7-16(21)8-6-15/h2-8,11-13H,9-10H2,1H3,(H,25,27)(H2,22,23,24,26). The maximum atomic E-state index is 12.9. The number of hydrogen-bond donors (Lipinski definition) is 3. The molecule has 27 heavy (non-hydrogen) atoms. The molecule has 0 saturated heterocycles. The topological polar surface area (TPSA) is 78.9 Å². The summed E-state index contributed by atoms with van der Waals surface area (Å²) < 4.78 is 12.9. The summed E-state index contributed by atoms with van der Waals surface area (Å²) in [7, 11) is 0. The van der Waals surface area contributed by atoms with E-state index >= 15 is 0 Å². The Morgan fingerprint density at radius 2 is 1.74 bits per heavy atom. The molecule has 138 valence electrons. The molecule has 6 nitrogen and oxygen atoms in total. The molecular weight excluding hydrogens is 345 g/mol. The molecule has 0 saturated carbocycles. The third kappa shape index (κ3) is 5.78. The Kier molecular flexibility index (Phi) is 5.94. The first-order chi connectivity index (χ1) is 13.1. The summed E-state index contributed by atoms with van der Waals surface area (Å²) in [5.41, 5.74) is 2.56. The van der Waals surface area contributed by atoms with Crippen LogP contribution in [-0.2, 0) is 11.2 Å². The molecule has 1 amide bonds. The van der Waals surface area contributed by atoms with E-state index in [1.54, 1.807) is 18.2 Å². The van der Waals surface area contributed by atoms with Crippen molar-refractivity contribution >= 4 is 28.9 Å². The molecule has 1 heterocycles. The Labute approximate surface area is 156 Å². The quantitative estimate of drug-likeness (QED) is 0.590. The number of carbonyl (C=O) groups is 1. The average Bonchev–Trinajstić information content (AvgIpc) is 2.63. The van der Waals surface area contributed by atoms with Crippen LogP contribution in [-0.4, -0.2) is 22.4 Å². The zero-order valence-corrected chi connectivity index (χ0v) is 14.9. The predicted molar refractivity (Wildman–Crippen MR) is 105 cm³/mol. The monoisotopic (exact) mass is 365 g/mol. The lowest BCUT2D eigenvalue weighted by Crippen LogP contribution is -2.07. The fourth-order valence-electron chi connectivity index (χ4n) is 2.53. The minimum atomic E-state index is -0.235. The van der Waals surface area contributed by atoms with Gasteiger partial charge in [0, 0.05) is 30.9 Å². The predicted octanol–water partition coefficient (Wildman–Crippen LogP) is 3.97. The van der Waals surface area contributed by atoms with E-state index in [2.05, 4.69) is 25.9 Å². The Morgan fingerprint density at radius 3 is 2.52 bits per heavy atom. The van der Waals surface area contributed by atoms with Gasteiger partial charge in [-0.15, -0.1) is 0 Å². The number of amides is 1. The normalized spacial score (nSPS) is 10.3. The summed E-state index contributed by atoms with van der Waals surface area (Å²) in [5.74, 6) is 0.963. The van der Waals surface area contributed by atoms with Crippen LogP contribution in [0.5, 0.6) is 0 Å². The van der Waals surface area contributed by atoms with Gasteiger partial charge in [-0.2, -0.15) is 0 Å². The van der Waals surface area contributed by atoms with E-state index in [1.807, 2.05) is 24.3 Å². The van der Waals surface area contributed by atoms with Crippen molar-refractivity contribution in [2.45, 2.75) is 13.3 Å². The summed E-state index contributed by atoms with van der Waals surface area (Å²) >= 11 is 0. The van der Waals surface area contributed by atoms with Crippen LogP contribution >= 0.6 is 0 Å². The van der Waals surface area contributed by atoms with E-state index in [0.717, 1.165) is 17.7 Å². The van der Waals surface area contributed by atoms with E-state index in [-0.39, 0.29) is 11.7 Å². The first-order valence-corrected chi connectivity index (χ1v) is 8.53. The van der Waals surface area contributed by atoms with Crippen LogP contribution in [0.25, 0.3) is 0 Å². The van der Waals surface area contributed by atoms with Gasteiger partial charge in [0.2, 0.25) is 5.91 Å². The Morgan fingerprint density at radius 1 is 1.00 bits per heavy atom. The fraction of sp³-hybridized carbons (Fsp3) is 0.150. The molecule has 0 aliphatic rings. The Hall–Kier alpha value is -3.48. The smallest absolute Gasteiger partial charge is 0.221 e. The minimum absolute atomic E-state index is 0.123. The highest BCUT2D eigenvalue weighted by Crippen LogP contribution is 2.20. The molecule has 0 radical (unpaired) electrons. The van der Waals surface area contributed by atoms with Gasteiger partial charge in [0.05, 0.1) is 0 Å². The van der Waals surface area contributed by atoms with Crippen molar-refractivity contribution in [3.8, 4) is 0 Å². The third-order valence-corrected chi connectivity index (χ3v) is 3.76. The summed E-state index contributed by atoms with van der Waals surface area (Å²) in [6, 6.07) is 15.6.